The van der Waals surface area contributed by atoms with Crippen molar-refractivity contribution in [3.63, 3.8) is 0 Å². The van der Waals surface area contributed by atoms with Crippen LogP contribution < -0.4 is 5.32 Å². The number of nitrogens with zero attached hydrogens (tertiary/aromatic N) is 2. The Labute approximate surface area is 174 Å². The van der Waals surface area contributed by atoms with Gasteiger partial charge in [0.1, 0.15) is 5.82 Å². The van der Waals surface area contributed by atoms with E-state index in [1.807, 2.05) is 28.0 Å². The summed E-state index contributed by atoms with van der Waals surface area (Å²) < 4.78 is 13.3. The molecule has 0 aromatic heterocycles. The van der Waals surface area contributed by atoms with Crippen LogP contribution in [0.1, 0.15) is 23.1 Å². The Bertz CT molecular complexity index is 936. The molecule has 0 aliphatic carbocycles. The van der Waals surface area contributed by atoms with Gasteiger partial charge in [-0.1, -0.05) is 41.9 Å². The predicted octanol–water partition coefficient (Wildman–Crippen LogP) is 2.75. The largest absolute Gasteiger partial charge is 0.353 e. The second-order valence-electron chi connectivity index (χ2n) is 7.55. The van der Waals surface area contributed by atoms with Crippen LogP contribution in [0, 0.1) is 5.82 Å². The molecule has 0 radical (unpaired) electrons. The Hall–Kier alpha value is -2.44. The zero-order valence-electron chi connectivity index (χ0n) is 16.0. The van der Waals surface area contributed by atoms with Crippen LogP contribution >= 0.6 is 11.6 Å². The van der Waals surface area contributed by atoms with E-state index in [-0.39, 0.29) is 18.2 Å². The molecule has 2 aromatic rings. The van der Waals surface area contributed by atoms with E-state index in [0.29, 0.717) is 37.7 Å². The van der Waals surface area contributed by atoms with Crippen molar-refractivity contribution in [3.8, 4) is 0 Å². The van der Waals surface area contributed by atoms with Gasteiger partial charge in [0.15, 0.2) is 0 Å². The number of halogens is 2. The first kappa shape index (κ1) is 19.9. The minimum Gasteiger partial charge on any atom is -0.353 e. The lowest BCUT2D eigenvalue weighted by Crippen LogP contribution is -2.56. The van der Waals surface area contributed by atoms with Gasteiger partial charge in [0, 0.05) is 37.7 Å². The van der Waals surface area contributed by atoms with Gasteiger partial charge in [-0.05, 0) is 35.2 Å². The normalized spacial score (nSPS) is 19.6. The molecule has 4 rings (SSSR count). The molecule has 2 heterocycles. The summed E-state index contributed by atoms with van der Waals surface area (Å²) in [5.74, 6) is -0.579. The van der Waals surface area contributed by atoms with Crippen molar-refractivity contribution in [2.45, 2.75) is 32.0 Å². The van der Waals surface area contributed by atoms with Gasteiger partial charge in [-0.25, -0.2) is 4.39 Å². The van der Waals surface area contributed by atoms with Gasteiger partial charge < -0.3 is 10.2 Å². The van der Waals surface area contributed by atoms with E-state index in [1.54, 1.807) is 6.07 Å². The van der Waals surface area contributed by atoms with E-state index < -0.39 is 11.9 Å². The van der Waals surface area contributed by atoms with Crippen molar-refractivity contribution in [2.75, 3.05) is 19.6 Å². The molecule has 2 aliphatic heterocycles. The standard InChI is InChI=1S/C22H23ClFN3O2/c23-19-11-18(24)6-5-17(19)14-26-10-8-25-22(29)20(26)12-21(28)27-9-7-15-3-1-2-4-16(15)13-27/h1-6,11,20H,7-10,12-14H2,(H,25,29)/t20-/m1/s1. The average Bonchev–Trinajstić information content (AvgIpc) is 2.72. The topological polar surface area (TPSA) is 52.7 Å². The van der Waals surface area contributed by atoms with Gasteiger partial charge in [-0.3, -0.25) is 14.5 Å². The highest BCUT2D eigenvalue weighted by Gasteiger charge is 2.33. The lowest BCUT2D eigenvalue weighted by molar-refractivity contribution is -0.139. The van der Waals surface area contributed by atoms with E-state index in [9.17, 15) is 14.0 Å². The van der Waals surface area contributed by atoms with Crippen LogP contribution in [0.25, 0.3) is 0 Å². The van der Waals surface area contributed by atoms with Gasteiger partial charge in [-0.2, -0.15) is 0 Å². The van der Waals surface area contributed by atoms with Gasteiger partial charge in [0.25, 0.3) is 0 Å². The maximum Gasteiger partial charge on any atom is 0.237 e. The summed E-state index contributed by atoms with van der Waals surface area (Å²) in [5.41, 5.74) is 3.18. The van der Waals surface area contributed by atoms with Crippen molar-refractivity contribution in [1.82, 2.24) is 15.1 Å². The Morgan fingerprint density at radius 3 is 2.76 bits per heavy atom. The predicted molar refractivity (Wildman–Crippen MR) is 109 cm³/mol. The second-order valence-corrected chi connectivity index (χ2v) is 7.96. The molecule has 1 atom stereocenters. The molecule has 0 bridgehead atoms. The molecule has 1 N–H and O–H groups in total. The van der Waals surface area contributed by atoms with Gasteiger partial charge in [0.05, 0.1) is 12.5 Å². The van der Waals surface area contributed by atoms with Crippen LogP contribution in [0.5, 0.6) is 0 Å². The fourth-order valence-electron chi connectivity index (χ4n) is 4.05. The van der Waals surface area contributed by atoms with Crippen molar-refractivity contribution in [1.29, 1.82) is 0 Å². The molecule has 1 fully saturated rings. The van der Waals surface area contributed by atoms with Gasteiger partial charge in [0.2, 0.25) is 11.8 Å². The number of hydrogen-bond donors (Lipinski definition) is 1. The Morgan fingerprint density at radius 1 is 1.17 bits per heavy atom. The zero-order valence-corrected chi connectivity index (χ0v) is 16.8. The van der Waals surface area contributed by atoms with Gasteiger partial charge in [-0.15, -0.1) is 0 Å². The minimum atomic E-state index is -0.561. The highest BCUT2D eigenvalue weighted by Crippen LogP contribution is 2.23. The lowest BCUT2D eigenvalue weighted by Gasteiger charge is -2.36. The van der Waals surface area contributed by atoms with Crippen LogP contribution in [0.2, 0.25) is 5.02 Å². The van der Waals surface area contributed by atoms with Crippen LogP contribution in [0.15, 0.2) is 42.5 Å². The van der Waals surface area contributed by atoms with E-state index >= 15 is 0 Å². The molecule has 0 saturated carbocycles. The molecule has 5 nitrogen and oxygen atoms in total. The Balaban J connectivity index is 1.46. The summed E-state index contributed by atoms with van der Waals surface area (Å²) in [6.45, 7) is 2.76. The van der Waals surface area contributed by atoms with E-state index in [4.69, 9.17) is 11.6 Å². The third kappa shape index (κ3) is 4.43. The quantitative estimate of drug-likeness (QED) is 0.835. The van der Waals surface area contributed by atoms with Crippen LogP contribution in [-0.4, -0.2) is 47.3 Å². The first-order chi connectivity index (χ1) is 14.0. The van der Waals surface area contributed by atoms with E-state index in [1.165, 1.54) is 17.7 Å². The third-order valence-electron chi connectivity index (χ3n) is 5.68. The first-order valence-corrected chi connectivity index (χ1v) is 10.2. The maximum atomic E-state index is 13.3. The van der Waals surface area contributed by atoms with Crippen LogP contribution in [0.4, 0.5) is 4.39 Å². The number of piperazine rings is 1. The molecule has 0 spiro atoms. The summed E-state index contributed by atoms with van der Waals surface area (Å²) in [7, 11) is 0. The van der Waals surface area contributed by atoms with Gasteiger partial charge >= 0.3 is 0 Å². The molecular weight excluding hydrogens is 393 g/mol. The van der Waals surface area contributed by atoms with Crippen molar-refractivity contribution >= 4 is 23.4 Å². The molecule has 1 saturated heterocycles. The molecule has 2 aliphatic rings. The second kappa shape index (κ2) is 8.51. The summed E-state index contributed by atoms with van der Waals surface area (Å²) >= 11 is 6.17. The SMILES string of the molecule is O=C1NCCN(Cc2ccc(F)cc2Cl)[C@@H]1CC(=O)N1CCc2ccccc2C1. The fourth-order valence-corrected chi connectivity index (χ4v) is 4.27. The smallest absolute Gasteiger partial charge is 0.237 e. The van der Waals surface area contributed by atoms with Crippen molar-refractivity contribution in [2.24, 2.45) is 0 Å². The van der Waals surface area contributed by atoms with E-state index in [2.05, 4.69) is 11.4 Å². The number of benzene rings is 2. The van der Waals surface area contributed by atoms with Crippen LogP contribution in [0.3, 0.4) is 0 Å². The number of amides is 2. The molecule has 7 heteroatoms. The number of nitrogens with one attached hydrogen (secondary N) is 1. The molecule has 152 valence electrons. The number of carbonyl (C=O) groups is 2. The summed E-state index contributed by atoms with van der Waals surface area (Å²) in [6, 6.07) is 11.8. The Morgan fingerprint density at radius 2 is 1.97 bits per heavy atom. The Kier molecular flexibility index (Phi) is 5.83. The number of hydrogen-bond acceptors (Lipinski definition) is 3. The molecule has 29 heavy (non-hydrogen) atoms. The fraction of sp³-hybridized carbons (Fsp3) is 0.364. The van der Waals surface area contributed by atoms with E-state index in [0.717, 1.165) is 17.5 Å². The lowest BCUT2D eigenvalue weighted by atomic mass is 9.99. The molecule has 2 aromatic carbocycles. The number of fused-ring (bicyclic) bond motifs is 1. The van der Waals surface area contributed by atoms with Crippen molar-refractivity contribution < 1.29 is 14.0 Å². The first-order valence-electron chi connectivity index (χ1n) is 9.81. The summed E-state index contributed by atoms with van der Waals surface area (Å²) in [6.07, 6.45) is 0.945. The average molecular weight is 416 g/mol. The molecular formula is C22H23ClFN3O2. The summed E-state index contributed by atoms with van der Waals surface area (Å²) in [5, 5.41) is 3.18. The molecule has 0 unspecified atom stereocenters. The highest BCUT2D eigenvalue weighted by atomic mass is 35.5. The summed E-state index contributed by atoms with van der Waals surface area (Å²) in [4.78, 5) is 29.3. The number of carbonyl (C=O) groups excluding carboxylic acids is 2. The third-order valence-corrected chi connectivity index (χ3v) is 6.03. The van der Waals surface area contributed by atoms with Crippen LogP contribution in [-0.2, 0) is 29.1 Å². The molecule has 2 amide bonds. The number of rotatable bonds is 4. The van der Waals surface area contributed by atoms with Crippen molar-refractivity contribution in [3.05, 3.63) is 70.0 Å². The zero-order chi connectivity index (χ0) is 20.4. The minimum absolute atomic E-state index is 0.0308. The monoisotopic (exact) mass is 415 g/mol. The maximum absolute atomic E-state index is 13.3. The highest BCUT2D eigenvalue weighted by molar-refractivity contribution is 6.31.